The second-order valence-corrected chi connectivity index (χ2v) is 5.27. The van der Waals surface area contributed by atoms with E-state index in [0.717, 1.165) is 9.88 Å². The van der Waals surface area contributed by atoms with Crippen LogP contribution in [0.5, 0.6) is 0 Å². The van der Waals surface area contributed by atoms with E-state index in [1.807, 2.05) is 20.0 Å². The highest BCUT2D eigenvalue weighted by Gasteiger charge is 2.13. The molecule has 96 valence electrons. The number of aromatic carboxylic acids is 1. The molecule has 0 saturated carbocycles. The number of hydrogen-bond acceptors (Lipinski definition) is 5. The molecule has 1 unspecified atom stereocenters. The van der Waals surface area contributed by atoms with Gasteiger partial charge in [0.05, 0.1) is 11.0 Å². The fraction of sp³-hybridized carbons (Fsp3) is 0.333. The summed E-state index contributed by atoms with van der Waals surface area (Å²) in [6.07, 6.45) is 1.84. The first kappa shape index (κ1) is 12.8. The Morgan fingerprint density at radius 2 is 2.39 bits per heavy atom. The first-order valence-electron chi connectivity index (χ1n) is 5.54. The summed E-state index contributed by atoms with van der Waals surface area (Å²) < 4.78 is 5.23. The number of rotatable bonds is 5. The molecule has 2 rings (SSSR count). The van der Waals surface area contributed by atoms with Crippen LogP contribution in [0.1, 0.15) is 39.2 Å². The number of hydrogen-bond donors (Lipinski definition) is 2. The van der Waals surface area contributed by atoms with Gasteiger partial charge in [0.2, 0.25) is 5.76 Å². The molecule has 0 saturated heterocycles. The van der Waals surface area contributed by atoms with Crippen LogP contribution >= 0.6 is 11.3 Å². The third-order valence-corrected chi connectivity index (χ3v) is 3.43. The lowest BCUT2D eigenvalue weighted by atomic mass is 10.2. The zero-order valence-electron chi connectivity index (χ0n) is 10.1. The molecule has 6 heteroatoms. The summed E-state index contributed by atoms with van der Waals surface area (Å²) in [6, 6.07) is 3.10. The van der Waals surface area contributed by atoms with E-state index in [9.17, 15) is 4.79 Å². The first-order valence-corrected chi connectivity index (χ1v) is 6.35. The van der Waals surface area contributed by atoms with E-state index in [4.69, 9.17) is 9.52 Å². The molecule has 0 aliphatic rings. The maximum Gasteiger partial charge on any atom is 0.371 e. The van der Waals surface area contributed by atoms with Crippen molar-refractivity contribution >= 4 is 17.3 Å². The topological polar surface area (TPSA) is 75.4 Å². The second kappa shape index (κ2) is 5.32. The predicted octanol–water partition coefficient (Wildman–Crippen LogP) is 2.59. The Hall–Kier alpha value is -1.66. The average Bonchev–Trinajstić information content (AvgIpc) is 2.94. The minimum atomic E-state index is -1.05. The molecule has 18 heavy (non-hydrogen) atoms. The van der Waals surface area contributed by atoms with Gasteiger partial charge in [0.25, 0.3) is 0 Å². The van der Waals surface area contributed by atoms with Crippen molar-refractivity contribution < 1.29 is 14.3 Å². The molecule has 2 heterocycles. The van der Waals surface area contributed by atoms with E-state index < -0.39 is 5.97 Å². The van der Waals surface area contributed by atoms with Gasteiger partial charge in [-0.05, 0) is 26.0 Å². The largest absolute Gasteiger partial charge is 0.475 e. The fourth-order valence-corrected chi connectivity index (χ4v) is 2.29. The summed E-state index contributed by atoms with van der Waals surface area (Å²) >= 11 is 1.64. The minimum Gasteiger partial charge on any atom is -0.475 e. The third kappa shape index (κ3) is 2.96. The summed E-state index contributed by atoms with van der Waals surface area (Å²) in [5, 5.41) is 13.1. The lowest BCUT2D eigenvalue weighted by Gasteiger charge is -2.09. The Kier molecular flexibility index (Phi) is 3.78. The summed E-state index contributed by atoms with van der Waals surface area (Å²) in [7, 11) is 0. The number of nitrogens with zero attached hydrogens (tertiary/aromatic N) is 1. The Bertz CT molecular complexity index is 547. The molecule has 0 amide bonds. The van der Waals surface area contributed by atoms with Gasteiger partial charge in [-0.15, -0.1) is 11.3 Å². The molecule has 0 aromatic carbocycles. The molecule has 2 aromatic heterocycles. The van der Waals surface area contributed by atoms with Crippen molar-refractivity contribution in [2.24, 2.45) is 0 Å². The Balaban J connectivity index is 1.94. The molecule has 1 atom stereocenters. The number of carboxylic acid groups (broad SMARTS) is 1. The molecular formula is C12H14N2O3S. The summed E-state index contributed by atoms with van der Waals surface area (Å²) in [5.41, 5.74) is 0. The van der Waals surface area contributed by atoms with Crippen LogP contribution in [0.4, 0.5) is 0 Å². The highest BCUT2D eigenvalue weighted by atomic mass is 32.1. The van der Waals surface area contributed by atoms with Crippen molar-refractivity contribution in [3.63, 3.8) is 0 Å². The lowest BCUT2D eigenvalue weighted by Crippen LogP contribution is -2.16. The number of nitrogens with one attached hydrogen (secondary N) is 1. The monoisotopic (exact) mass is 266 g/mol. The van der Waals surface area contributed by atoms with E-state index in [0.29, 0.717) is 12.3 Å². The number of carboxylic acids is 1. The van der Waals surface area contributed by atoms with Gasteiger partial charge < -0.3 is 14.8 Å². The maximum atomic E-state index is 10.7. The molecule has 0 spiro atoms. The number of aromatic nitrogens is 1. The maximum absolute atomic E-state index is 10.7. The van der Waals surface area contributed by atoms with Crippen molar-refractivity contribution in [3.8, 4) is 0 Å². The number of carbonyl (C=O) groups is 1. The van der Waals surface area contributed by atoms with Gasteiger partial charge in [-0.2, -0.15) is 0 Å². The molecule has 2 N–H and O–H groups in total. The van der Waals surface area contributed by atoms with Crippen LogP contribution in [0.2, 0.25) is 0 Å². The number of aryl methyl sites for hydroxylation is 1. The summed E-state index contributed by atoms with van der Waals surface area (Å²) in [4.78, 5) is 16.0. The smallest absolute Gasteiger partial charge is 0.371 e. The van der Waals surface area contributed by atoms with Crippen molar-refractivity contribution in [1.29, 1.82) is 0 Å². The molecule has 0 fully saturated rings. The summed E-state index contributed by atoms with van der Waals surface area (Å²) in [6.45, 7) is 4.58. The normalized spacial score (nSPS) is 12.6. The van der Waals surface area contributed by atoms with Crippen molar-refractivity contribution in [2.75, 3.05) is 0 Å². The van der Waals surface area contributed by atoms with Crippen LogP contribution < -0.4 is 5.32 Å². The fourth-order valence-electron chi connectivity index (χ4n) is 1.54. The van der Waals surface area contributed by atoms with E-state index in [1.165, 1.54) is 6.07 Å². The van der Waals surface area contributed by atoms with Crippen molar-refractivity contribution in [1.82, 2.24) is 10.3 Å². The Labute approximate surface area is 108 Å². The standard InChI is InChI=1S/C12H14N2O3S/c1-7(10-3-4-11(17-10)12(15)16)13-5-9-6-14-8(2)18-9/h3-4,6-7,13H,5H2,1-2H3,(H,15,16). The number of thiazole rings is 1. The van der Waals surface area contributed by atoms with Gasteiger partial charge in [-0.25, -0.2) is 9.78 Å². The quantitative estimate of drug-likeness (QED) is 0.870. The molecule has 0 aliphatic heterocycles. The summed E-state index contributed by atoms with van der Waals surface area (Å²) in [5.74, 6) is -0.465. The molecule has 2 aromatic rings. The zero-order valence-corrected chi connectivity index (χ0v) is 11.0. The second-order valence-electron chi connectivity index (χ2n) is 3.96. The van der Waals surface area contributed by atoms with Crippen LogP contribution in [0, 0.1) is 6.92 Å². The highest BCUT2D eigenvalue weighted by Crippen LogP contribution is 2.18. The van der Waals surface area contributed by atoms with Crippen LogP contribution in [0.25, 0.3) is 0 Å². The first-order chi connectivity index (χ1) is 8.56. The van der Waals surface area contributed by atoms with Gasteiger partial charge in [0.15, 0.2) is 0 Å². The van der Waals surface area contributed by atoms with E-state index in [1.54, 1.807) is 17.4 Å². The van der Waals surface area contributed by atoms with Gasteiger partial charge in [-0.3, -0.25) is 0 Å². The molecule has 5 nitrogen and oxygen atoms in total. The van der Waals surface area contributed by atoms with Crippen molar-refractivity contribution in [2.45, 2.75) is 26.4 Å². The highest BCUT2D eigenvalue weighted by molar-refractivity contribution is 7.11. The van der Waals surface area contributed by atoms with Crippen LogP contribution in [0.3, 0.4) is 0 Å². The number of furan rings is 1. The molecule has 0 bridgehead atoms. The van der Waals surface area contributed by atoms with Gasteiger partial charge in [0.1, 0.15) is 5.76 Å². The SMILES string of the molecule is Cc1ncc(CNC(C)c2ccc(C(=O)O)o2)s1. The predicted molar refractivity (Wildman–Crippen MR) is 67.8 cm³/mol. The van der Waals surface area contributed by atoms with Crippen LogP contribution in [-0.4, -0.2) is 16.1 Å². The molecule has 0 radical (unpaired) electrons. The third-order valence-electron chi connectivity index (χ3n) is 2.52. The zero-order chi connectivity index (χ0) is 13.1. The van der Waals surface area contributed by atoms with Gasteiger partial charge in [0, 0.05) is 17.6 Å². The molecular weight excluding hydrogens is 252 g/mol. The Morgan fingerprint density at radius 3 is 2.94 bits per heavy atom. The lowest BCUT2D eigenvalue weighted by molar-refractivity contribution is 0.0659. The average molecular weight is 266 g/mol. The van der Waals surface area contributed by atoms with Gasteiger partial charge >= 0.3 is 5.97 Å². The molecule has 0 aliphatic carbocycles. The van der Waals surface area contributed by atoms with Crippen LogP contribution in [-0.2, 0) is 6.54 Å². The van der Waals surface area contributed by atoms with E-state index in [-0.39, 0.29) is 11.8 Å². The van der Waals surface area contributed by atoms with Gasteiger partial charge in [-0.1, -0.05) is 0 Å². The van der Waals surface area contributed by atoms with Crippen molar-refractivity contribution in [3.05, 3.63) is 39.7 Å². The Morgan fingerprint density at radius 1 is 1.61 bits per heavy atom. The van der Waals surface area contributed by atoms with E-state index >= 15 is 0 Å². The van der Waals surface area contributed by atoms with Crippen LogP contribution in [0.15, 0.2) is 22.7 Å². The minimum absolute atomic E-state index is 0.0349. The van der Waals surface area contributed by atoms with E-state index in [2.05, 4.69) is 10.3 Å².